The lowest BCUT2D eigenvalue weighted by Crippen LogP contribution is -2.21. The average Bonchev–Trinajstić information content (AvgIpc) is 2.95. The van der Waals surface area contributed by atoms with E-state index >= 15 is 0 Å². The lowest BCUT2D eigenvalue weighted by molar-refractivity contribution is 0.122. The molecule has 0 unspecified atom stereocenters. The van der Waals surface area contributed by atoms with Gasteiger partial charge in [0.2, 0.25) is 0 Å². The Kier molecular flexibility index (Phi) is 25.7. The van der Waals surface area contributed by atoms with Crippen molar-refractivity contribution in [3.8, 4) is 0 Å². The molecule has 0 aromatic heterocycles. The highest BCUT2D eigenvalue weighted by atomic mass is 32.2. The first-order valence-corrected chi connectivity index (χ1v) is 25.1. The van der Waals surface area contributed by atoms with Crippen LogP contribution in [0.15, 0.2) is 0 Å². The Hall–Kier alpha value is 1.64. The largest absolute Gasteiger partial charge is 0.697 e. The van der Waals surface area contributed by atoms with Gasteiger partial charge in [-0.25, -0.2) is 9.13 Å². The zero-order valence-electron chi connectivity index (χ0n) is 30.3. The fourth-order valence-electron chi connectivity index (χ4n) is 3.63. The van der Waals surface area contributed by atoms with Crippen molar-refractivity contribution in [1.82, 2.24) is 0 Å². The van der Waals surface area contributed by atoms with Crippen molar-refractivity contribution in [2.24, 2.45) is 21.7 Å². The average molecular weight is 822 g/mol. The summed E-state index contributed by atoms with van der Waals surface area (Å²) >= 11 is 7.54. The molecule has 0 spiro atoms. The smallest absolute Gasteiger partial charge is 0.303 e. The molecule has 0 aromatic rings. The molecule has 0 heterocycles. The van der Waals surface area contributed by atoms with Gasteiger partial charge in [0.25, 0.3) is 0 Å². The van der Waals surface area contributed by atoms with Crippen LogP contribution < -0.4 is 0 Å². The second-order valence-corrected chi connectivity index (χ2v) is 23.5. The third-order valence-electron chi connectivity index (χ3n) is 7.22. The molecule has 0 saturated carbocycles. The summed E-state index contributed by atoms with van der Waals surface area (Å²) in [6, 6.07) is 0. The van der Waals surface area contributed by atoms with Crippen LogP contribution in [-0.2, 0) is 31.8 Å². The minimum absolute atomic E-state index is 0.0432. The highest BCUT2D eigenvalue weighted by Crippen LogP contribution is 2.40. The Morgan fingerprint density at radius 1 is 0.479 bits per heavy atom. The van der Waals surface area contributed by atoms with Gasteiger partial charge in [-0.3, -0.25) is 9.05 Å². The molecule has 0 fully saturated rings. The van der Waals surface area contributed by atoms with E-state index in [1.54, 1.807) is 0 Å². The van der Waals surface area contributed by atoms with Crippen molar-refractivity contribution in [3.63, 3.8) is 0 Å². The zero-order chi connectivity index (χ0) is 37.0. The zero-order valence-corrected chi connectivity index (χ0v) is 36.3. The summed E-state index contributed by atoms with van der Waals surface area (Å²) < 4.78 is 54.7. The molecule has 0 aliphatic carbocycles. The van der Waals surface area contributed by atoms with E-state index in [-0.39, 0.29) is 34.9 Å². The van der Waals surface area contributed by atoms with Crippen molar-refractivity contribution in [3.05, 3.63) is 0 Å². The van der Waals surface area contributed by atoms with Gasteiger partial charge in [-0.05, 0) is 106 Å². The highest BCUT2D eigenvalue weighted by Gasteiger charge is 2.31. The highest BCUT2D eigenvalue weighted by molar-refractivity contribution is 8.00. The molecule has 0 rings (SSSR count). The van der Waals surface area contributed by atoms with Crippen LogP contribution in [0.1, 0.15) is 93.9 Å². The van der Waals surface area contributed by atoms with E-state index in [9.17, 15) is 13.7 Å². The number of rotatable bonds is 32. The Morgan fingerprint density at radius 3 is 0.979 bits per heavy atom. The van der Waals surface area contributed by atoms with Gasteiger partial charge in [-0.2, -0.15) is 47.0 Å². The van der Waals surface area contributed by atoms with E-state index in [2.05, 4.69) is 36.7 Å². The molecule has 0 saturated heterocycles. The first-order chi connectivity index (χ1) is 21.9. The molecule has 0 atom stereocenters. The Labute approximate surface area is 308 Å². The summed E-state index contributed by atoms with van der Waals surface area (Å²) in [5.41, 5.74) is -0.750. The first kappa shape index (κ1) is 49.6. The van der Waals surface area contributed by atoms with Gasteiger partial charge in [-0.15, -0.1) is 9.05 Å². The maximum atomic E-state index is 12.4. The Bertz CT molecular complexity index is 902. The van der Waals surface area contributed by atoms with Gasteiger partial charge in [-0.1, -0.05) is 55.4 Å². The number of hydrogen-bond donors (Lipinski definition) is 4. The van der Waals surface area contributed by atoms with Crippen molar-refractivity contribution >= 4 is 70.9 Å². The molecule has 0 radical (unpaired) electrons. The van der Waals surface area contributed by atoms with E-state index < -0.39 is 23.9 Å². The normalized spacial score (nSPS) is 13.8. The third kappa shape index (κ3) is 33.5. The van der Waals surface area contributed by atoms with E-state index in [1.165, 1.54) is 0 Å². The molecule has 0 aromatic carbocycles. The van der Waals surface area contributed by atoms with Crippen LogP contribution in [0.25, 0.3) is 0 Å². The molecule has 4 N–H and O–H groups in total. The van der Waals surface area contributed by atoms with Gasteiger partial charge < -0.3 is 19.6 Å². The molecule has 18 heteroatoms. The Balaban J connectivity index is 3.88. The quantitative estimate of drug-likeness (QED) is 0.0374. The van der Waals surface area contributed by atoms with Gasteiger partial charge in [0.15, 0.2) is 0 Å². The summed E-state index contributed by atoms with van der Waals surface area (Å²) in [6.07, 6.45) is 5.76. The molecule has 288 valence electrons. The fraction of sp³-hybridized carbons (Fsp3) is 1.00. The topological polar surface area (TPSA) is 169 Å². The lowest BCUT2D eigenvalue weighted by atomic mass is 9.92. The maximum Gasteiger partial charge on any atom is 0.697 e. The number of hydrogen-bond acceptors (Lipinski definition) is 11. The minimum atomic E-state index is -4.42. The predicted molar refractivity (Wildman–Crippen MR) is 208 cm³/mol. The molecule has 0 aliphatic heterocycles. The van der Waals surface area contributed by atoms with Crippen LogP contribution >= 0.6 is 70.9 Å². The maximum absolute atomic E-state index is 12.4. The molecule has 11 nitrogen and oxygen atoms in total. The lowest BCUT2D eigenvalue weighted by Gasteiger charge is -2.24. The number of thioether (sulfide) groups is 4. The standard InChI is InChI=1S/C30H63O11P3S4/c1-27(2,11-19-45-15-9-17-47-21-13-29(5,6)25-40-43(32,33)34)23-38-42(31)39-24-28(3,4)12-20-46-16-10-18-48-22-14-30(7,8)26-41-44(35,36)37/h9-26H2,1-8H3,(H3-,32,33,34,35,36,37)/p+1. The van der Waals surface area contributed by atoms with Crippen molar-refractivity contribution in [1.29, 1.82) is 0 Å². The van der Waals surface area contributed by atoms with Gasteiger partial charge in [0, 0.05) is 4.57 Å². The molecular formula is C30H64O11P3S4+. The number of phosphoric acid groups is 2. The van der Waals surface area contributed by atoms with E-state index in [4.69, 9.17) is 28.6 Å². The minimum Gasteiger partial charge on any atom is -0.303 e. The first-order valence-electron chi connectivity index (χ1n) is 16.4. The van der Waals surface area contributed by atoms with Crippen molar-refractivity contribution < 1.29 is 51.4 Å². The monoisotopic (exact) mass is 821 g/mol. The van der Waals surface area contributed by atoms with Crippen LogP contribution in [0.4, 0.5) is 0 Å². The van der Waals surface area contributed by atoms with Crippen molar-refractivity contribution in [2.45, 2.75) is 93.9 Å². The van der Waals surface area contributed by atoms with Crippen molar-refractivity contribution in [2.75, 3.05) is 72.5 Å². The van der Waals surface area contributed by atoms with E-state index in [0.717, 1.165) is 84.5 Å². The molecule has 0 aliphatic rings. The van der Waals surface area contributed by atoms with E-state index in [1.807, 2.05) is 74.7 Å². The predicted octanol–water partition coefficient (Wildman–Crippen LogP) is 9.27. The van der Waals surface area contributed by atoms with Gasteiger partial charge >= 0.3 is 23.9 Å². The second kappa shape index (κ2) is 24.9. The van der Waals surface area contributed by atoms with Gasteiger partial charge in [0.1, 0.15) is 13.2 Å². The van der Waals surface area contributed by atoms with Crippen LogP contribution in [0.3, 0.4) is 0 Å². The summed E-state index contributed by atoms with van der Waals surface area (Å²) in [5.74, 6) is 8.09. The molecule has 48 heavy (non-hydrogen) atoms. The summed E-state index contributed by atoms with van der Waals surface area (Å²) in [5, 5.41) is 0. The van der Waals surface area contributed by atoms with Crippen LogP contribution in [0.2, 0.25) is 0 Å². The van der Waals surface area contributed by atoms with Gasteiger partial charge in [0.05, 0.1) is 13.2 Å². The summed E-state index contributed by atoms with van der Waals surface area (Å²) in [6.45, 7) is 17.1. The molecule has 0 amide bonds. The fourth-order valence-corrected chi connectivity index (χ4v) is 11.0. The van der Waals surface area contributed by atoms with Crippen LogP contribution in [-0.4, -0.2) is 92.0 Å². The van der Waals surface area contributed by atoms with Crippen LogP contribution in [0.5, 0.6) is 0 Å². The van der Waals surface area contributed by atoms with E-state index in [0.29, 0.717) is 13.2 Å². The summed E-state index contributed by atoms with van der Waals surface area (Å²) in [7, 11) is -11.0. The number of phosphoric ester groups is 2. The summed E-state index contributed by atoms with van der Waals surface area (Å²) in [4.78, 5) is 35.5. The molecular weight excluding hydrogens is 758 g/mol. The third-order valence-corrected chi connectivity index (χ3v) is 13.1. The Morgan fingerprint density at radius 2 is 0.729 bits per heavy atom. The SMILES string of the molecule is CC(C)(CCSCCCSCCC(C)(C)COP(=O)(O)O)CO[P+](=O)OCC(C)(C)CCSCCCSCCC(C)(C)COP(=O)(O)O. The van der Waals surface area contributed by atoms with Crippen LogP contribution in [0, 0.1) is 21.7 Å². The molecule has 0 bridgehead atoms. The second-order valence-electron chi connectivity index (χ2n) is 15.1.